The van der Waals surface area contributed by atoms with Crippen LogP contribution in [0.2, 0.25) is 0 Å². The number of hydrogen-bond acceptors (Lipinski definition) is 3. The smallest absolute Gasteiger partial charge is 0.227 e. The number of carbonyl (C=O) groups excluding carboxylic acids is 2. The van der Waals surface area contributed by atoms with Crippen molar-refractivity contribution in [2.45, 2.75) is 59.4 Å². The number of aryl methyl sites for hydroxylation is 3. The largest absolute Gasteiger partial charge is 0.354 e. The third-order valence-electron chi connectivity index (χ3n) is 5.42. The molecule has 26 heavy (non-hydrogen) atoms. The number of nitrogens with two attached hydrogens (primary N) is 1. The predicted molar refractivity (Wildman–Crippen MR) is 109 cm³/mol. The van der Waals surface area contributed by atoms with Gasteiger partial charge < -0.3 is 16.0 Å². The second-order valence-electron chi connectivity index (χ2n) is 7.44. The molecular formula is C20H32ClN3O2. The van der Waals surface area contributed by atoms with Gasteiger partial charge in [-0.25, -0.2) is 0 Å². The zero-order chi connectivity index (χ0) is 18.8. The van der Waals surface area contributed by atoms with Gasteiger partial charge in [0.2, 0.25) is 11.8 Å². The topological polar surface area (TPSA) is 75.4 Å². The maximum absolute atomic E-state index is 12.5. The normalized spacial score (nSPS) is 17.2. The van der Waals surface area contributed by atoms with Crippen molar-refractivity contribution >= 4 is 29.9 Å². The molecule has 0 aliphatic carbocycles. The van der Waals surface area contributed by atoms with Crippen molar-refractivity contribution in [3.05, 3.63) is 28.8 Å². The van der Waals surface area contributed by atoms with Crippen molar-refractivity contribution in [1.82, 2.24) is 5.32 Å². The van der Waals surface area contributed by atoms with Gasteiger partial charge in [0.05, 0.1) is 5.92 Å². The number of anilines is 1. The van der Waals surface area contributed by atoms with Gasteiger partial charge in [0, 0.05) is 30.7 Å². The summed E-state index contributed by atoms with van der Waals surface area (Å²) in [5.41, 5.74) is 10.2. The summed E-state index contributed by atoms with van der Waals surface area (Å²) in [5, 5.41) is 2.96. The van der Waals surface area contributed by atoms with E-state index in [9.17, 15) is 9.59 Å². The number of nitrogens with zero attached hydrogens (tertiary/aromatic N) is 1. The van der Waals surface area contributed by atoms with E-state index < -0.39 is 0 Å². The van der Waals surface area contributed by atoms with Gasteiger partial charge in [-0.15, -0.1) is 12.4 Å². The van der Waals surface area contributed by atoms with E-state index in [0.717, 1.165) is 29.7 Å². The molecular weight excluding hydrogens is 350 g/mol. The fourth-order valence-corrected chi connectivity index (χ4v) is 3.60. The van der Waals surface area contributed by atoms with E-state index in [1.54, 1.807) is 4.90 Å². The molecule has 1 unspecified atom stereocenters. The minimum absolute atomic E-state index is 0. The van der Waals surface area contributed by atoms with Crippen molar-refractivity contribution in [1.29, 1.82) is 0 Å². The van der Waals surface area contributed by atoms with E-state index in [0.29, 0.717) is 13.1 Å². The Kier molecular flexibility index (Phi) is 7.66. The van der Waals surface area contributed by atoms with Gasteiger partial charge in [0.15, 0.2) is 0 Å². The quantitative estimate of drug-likeness (QED) is 0.795. The highest BCUT2D eigenvalue weighted by Crippen LogP contribution is 2.31. The van der Waals surface area contributed by atoms with Gasteiger partial charge in [0.25, 0.3) is 0 Å². The minimum atomic E-state index is -0.373. The molecule has 1 heterocycles. The van der Waals surface area contributed by atoms with Gasteiger partial charge in [-0.05, 0) is 44.7 Å². The molecule has 2 amide bonds. The highest BCUT2D eigenvalue weighted by atomic mass is 35.5. The maximum Gasteiger partial charge on any atom is 0.227 e. The van der Waals surface area contributed by atoms with Crippen LogP contribution in [0.4, 0.5) is 5.69 Å². The molecule has 0 bridgehead atoms. The van der Waals surface area contributed by atoms with E-state index in [1.807, 2.05) is 34.6 Å². The zero-order valence-corrected chi connectivity index (χ0v) is 17.3. The van der Waals surface area contributed by atoms with Crippen LogP contribution in [0.15, 0.2) is 12.1 Å². The van der Waals surface area contributed by atoms with E-state index in [4.69, 9.17) is 5.73 Å². The monoisotopic (exact) mass is 381 g/mol. The van der Waals surface area contributed by atoms with E-state index in [-0.39, 0.29) is 42.1 Å². The summed E-state index contributed by atoms with van der Waals surface area (Å²) < 4.78 is 0. The fourth-order valence-electron chi connectivity index (χ4n) is 3.60. The Morgan fingerprint density at radius 1 is 1.23 bits per heavy atom. The van der Waals surface area contributed by atoms with Gasteiger partial charge in [-0.3, -0.25) is 9.59 Å². The molecule has 146 valence electrons. The van der Waals surface area contributed by atoms with Crippen molar-refractivity contribution in [2.24, 2.45) is 11.7 Å². The summed E-state index contributed by atoms with van der Waals surface area (Å²) in [4.78, 5) is 26.8. The average molecular weight is 382 g/mol. The highest BCUT2D eigenvalue weighted by Gasteiger charge is 2.36. The molecule has 1 aliphatic rings. The van der Waals surface area contributed by atoms with E-state index in [1.165, 1.54) is 5.56 Å². The molecule has 0 saturated carbocycles. The predicted octanol–water partition coefficient (Wildman–Crippen LogP) is 3.02. The Bertz CT molecular complexity index is 648. The van der Waals surface area contributed by atoms with Crippen LogP contribution in [-0.4, -0.2) is 30.4 Å². The second-order valence-corrected chi connectivity index (χ2v) is 7.44. The fraction of sp³-hybridized carbons (Fsp3) is 0.600. The first-order valence-corrected chi connectivity index (χ1v) is 9.15. The first kappa shape index (κ1) is 22.5. The van der Waals surface area contributed by atoms with Crippen molar-refractivity contribution in [3.63, 3.8) is 0 Å². The molecule has 1 aliphatic heterocycles. The number of rotatable bonds is 6. The molecule has 1 aromatic carbocycles. The van der Waals surface area contributed by atoms with Crippen LogP contribution >= 0.6 is 12.4 Å². The van der Waals surface area contributed by atoms with Crippen LogP contribution in [0.5, 0.6) is 0 Å². The highest BCUT2D eigenvalue weighted by molar-refractivity contribution is 6.01. The van der Waals surface area contributed by atoms with Crippen molar-refractivity contribution in [3.8, 4) is 0 Å². The van der Waals surface area contributed by atoms with Gasteiger partial charge in [0.1, 0.15) is 0 Å². The number of halogens is 1. The van der Waals surface area contributed by atoms with Gasteiger partial charge >= 0.3 is 0 Å². The SMILES string of the molecule is CCC(N)(CC)CNC(=O)C1CC(=O)N(c2c(C)cc(C)cc2C)C1.Cl. The molecule has 0 aromatic heterocycles. The number of nitrogens with one attached hydrogen (secondary N) is 1. The lowest BCUT2D eigenvalue weighted by molar-refractivity contribution is -0.126. The lowest BCUT2D eigenvalue weighted by Crippen LogP contribution is -2.50. The first-order valence-electron chi connectivity index (χ1n) is 9.15. The van der Waals surface area contributed by atoms with Gasteiger partial charge in [-0.2, -0.15) is 0 Å². The molecule has 1 saturated heterocycles. The summed E-state index contributed by atoms with van der Waals surface area (Å²) in [7, 11) is 0. The third-order valence-corrected chi connectivity index (χ3v) is 5.42. The summed E-state index contributed by atoms with van der Waals surface area (Å²) in [6.07, 6.45) is 1.87. The maximum atomic E-state index is 12.5. The molecule has 1 fully saturated rings. The van der Waals surface area contributed by atoms with E-state index in [2.05, 4.69) is 17.4 Å². The van der Waals surface area contributed by atoms with Crippen LogP contribution in [0.25, 0.3) is 0 Å². The second kappa shape index (κ2) is 8.87. The number of carbonyl (C=O) groups is 2. The molecule has 0 spiro atoms. The van der Waals surface area contributed by atoms with Crippen LogP contribution < -0.4 is 16.0 Å². The summed E-state index contributed by atoms with van der Waals surface area (Å²) >= 11 is 0. The lowest BCUT2D eigenvalue weighted by atomic mass is 9.94. The first-order chi connectivity index (χ1) is 11.7. The van der Waals surface area contributed by atoms with Crippen molar-refractivity contribution < 1.29 is 9.59 Å². The zero-order valence-electron chi connectivity index (χ0n) is 16.5. The van der Waals surface area contributed by atoms with Crippen molar-refractivity contribution in [2.75, 3.05) is 18.0 Å². The summed E-state index contributed by atoms with van der Waals surface area (Å²) in [5.74, 6) is -0.374. The molecule has 0 radical (unpaired) electrons. The number of amides is 2. The molecule has 6 heteroatoms. The average Bonchev–Trinajstić information content (AvgIpc) is 2.93. The number of hydrogen-bond donors (Lipinski definition) is 2. The Morgan fingerprint density at radius 2 is 1.77 bits per heavy atom. The number of benzene rings is 1. The molecule has 3 N–H and O–H groups in total. The molecule has 2 rings (SSSR count). The lowest BCUT2D eigenvalue weighted by Gasteiger charge is -2.27. The Hall–Kier alpha value is -1.59. The Morgan fingerprint density at radius 3 is 2.27 bits per heavy atom. The van der Waals surface area contributed by atoms with Crippen LogP contribution in [-0.2, 0) is 9.59 Å². The molecule has 1 aromatic rings. The van der Waals surface area contributed by atoms with Crippen LogP contribution in [0.1, 0.15) is 49.8 Å². The standard InChI is InChI=1S/C20H31N3O2.ClH/c1-6-20(21,7-2)12-22-19(25)16-10-17(24)23(11-16)18-14(4)8-13(3)9-15(18)5;/h8-9,16H,6-7,10-12,21H2,1-5H3,(H,22,25);1H. The van der Waals surface area contributed by atoms with Crippen LogP contribution in [0, 0.1) is 26.7 Å². The minimum Gasteiger partial charge on any atom is -0.354 e. The third kappa shape index (κ3) is 4.77. The Labute approximate surface area is 163 Å². The summed E-state index contributed by atoms with van der Waals surface area (Å²) in [6.45, 7) is 11.0. The summed E-state index contributed by atoms with van der Waals surface area (Å²) in [6, 6.07) is 4.16. The van der Waals surface area contributed by atoms with E-state index >= 15 is 0 Å². The van der Waals surface area contributed by atoms with Crippen LogP contribution in [0.3, 0.4) is 0 Å². The molecule has 1 atom stereocenters. The Balaban J connectivity index is 0.00000338. The van der Waals surface area contributed by atoms with Gasteiger partial charge in [-0.1, -0.05) is 31.5 Å². The molecule has 5 nitrogen and oxygen atoms in total.